The van der Waals surface area contributed by atoms with E-state index in [1.165, 1.54) is 43.4 Å². The van der Waals surface area contributed by atoms with E-state index in [1.54, 1.807) is 50.2 Å². The van der Waals surface area contributed by atoms with Gasteiger partial charge in [-0.05, 0) is 56.7 Å². The Balaban J connectivity index is 2.15. The van der Waals surface area contributed by atoms with E-state index in [2.05, 4.69) is 5.32 Å². The maximum absolute atomic E-state index is 14.2. The van der Waals surface area contributed by atoms with E-state index < -0.39 is 28.5 Å². The van der Waals surface area contributed by atoms with Crippen molar-refractivity contribution in [3.8, 4) is 11.5 Å². The van der Waals surface area contributed by atoms with Crippen molar-refractivity contribution in [2.45, 2.75) is 44.7 Å². The molecule has 1 atom stereocenters. The van der Waals surface area contributed by atoms with E-state index in [4.69, 9.17) is 32.7 Å². The lowest BCUT2D eigenvalue weighted by atomic mass is 10.1. The van der Waals surface area contributed by atoms with Crippen LogP contribution < -0.4 is 19.1 Å². The maximum Gasteiger partial charge on any atom is 0.264 e. The van der Waals surface area contributed by atoms with Crippen molar-refractivity contribution >= 4 is 50.7 Å². The molecule has 12 heteroatoms. The normalized spacial score (nSPS) is 11.9. The second kappa shape index (κ2) is 14.6. The quantitative estimate of drug-likeness (QED) is 0.267. The van der Waals surface area contributed by atoms with Crippen molar-refractivity contribution in [2.24, 2.45) is 0 Å². The zero-order valence-electron chi connectivity index (χ0n) is 24.2. The van der Waals surface area contributed by atoms with Gasteiger partial charge in [0.15, 0.2) is 11.5 Å². The first-order chi connectivity index (χ1) is 20.0. The summed E-state index contributed by atoms with van der Waals surface area (Å²) < 4.78 is 39.8. The van der Waals surface area contributed by atoms with Crippen LogP contribution in [0.5, 0.6) is 11.5 Å². The lowest BCUT2D eigenvalue weighted by Crippen LogP contribution is -2.52. The number of nitrogens with zero attached hydrogens (tertiary/aromatic N) is 2. The van der Waals surface area contributed by atoms with Crippen LogP contribution in [0.3, 0.4) is 0 Å². The molecule has 0 radical (unpaired) electrons. The molecule has 1 N–H and O–H groups in total. The molecule has 1 unspecified atom stereocenters. The third-order valence-electron chi connectivity index (χ3n) is 6.67. The van der Waals surface area contributed by atoms with E-state index in [-0.39, 0.29) is 35.2 Å². The van der Waals surface area contributed by atoms with Crippen LogP contribution in [0.1, 0.15) is 31.4 Å². The summed E-state index contributed by atoms with van der Waals surface area (Å²) in [7, 11) is -1.37. The fourth-order valence-electron chi connectivity index (χ4n) is 4.41. The van der Waals surface area contributed by atoms with E-state index in [0.29, 0.717) is 27.9 Å². The summed E-state index contributed by atoms with van der Waals surface area (Å²) in [6.07, 6.45) is 0.265. The van der Waals surface area contributed by atoms with Crippen molar-refractivity contribution in [1.29, 1.82) is 0 Å². The van der Waals surface area contributed by atoms with Crippen LogP contribution in [0.25, 0.3) is 0 Å². The first-order valence-corrected chi connectivity index (χ1v) is 15.5. The Bertz CT molecular complexity index is 1500. The number of nitrogens with one attached hydrogen (secondary N) is 1. The summed E-state index contributed by atoms with van der Waals surface area (Å²) in [5.41, 5.74) is 1.48. The molecule has 42 heavy (non-hydrogen) atoms. The Morgan fingerprint density at radius 2 is 1.55 bits per heavy atom. The van der Waals surface area contributed by atoms with Crippen molar-refractivity contribution in [3.63, 3.8) is 0 Å². The summed E-state index contributed by atoms with van der Waals surface area (Å²) in [5.74, 6) is -0.345. The van der Waals surface area contributed by atoms with Gasteiger partial charge in [-0.25, -0.2) is 8.42 Å². The smallest absolute Gasteiger partial charge is 0.264 e. The van der Waals surface area contributed by atoms with Crippen LogP contribution in [-0.2, 0) is 26.2 Å². The Morgan fingerprint density at radius 3 is 2.10 bits per heavy atom. The van der Waals surface area contributed by atoms with Crippen LogP contribution in [0.2, 0.25) is 10.0 Å². The average molecular weight is 637 g/mol. The molecule has 0 bridgehead atoms. The number of hydrogen-bond acceptors (Lipinski definition) is 6. The van der Waals surface area contributed by atoms with Gasteiger partial charge in [0.2, 0.25) is 11.8 Å². The largest absolute Gasteiger partial charge is 0.493 e. The number of halogens is 2. The molecule has 3 rings (SSSR count). The first-order valence-electron chi connectivity index (χ1n) is 13.3. The molecule has 0 heterocycles. The van der Waals surface area contributed by atoms with Crippen LogP contribution in [0, 0.1) is 6.92 Å². The third-order valence-corrected chi connectivity index (χ3v) is 9.17. The van der Waals surface area contributed by atoms with Crippen molar-refractivity contribution in [2.75, 3.05) is 31.6 Å². The summed E-state index contributed by atoms with van der Waals surface area (Å²) >= 11 is 12.9. The lowest BCUT2D eigenvalue weighted by molar-refractivity contribution is -0.140. The lowest BCUT2D eigenvalue weighted by Gasteiger charge is -2.33. The highest BCUT2D eigenvalue weighted by Gasteiger charge is 2.34. The monoisotopic (exact) mass is 635 g/mol. The van der Waals surface area contributed by atoms with Gasteiger partial charge in [0.1, 0.15) is 12.6 Å². The molecule has 0 aromatic heterocycles. The fraction of sp³-hybridized carbons (Fsp3) is 0.333. The number of likely N-dealkylation sites (N-methyl/N-ethyl adjacent to an activating group) is 1. The van der Waals surface area contributed by atoms with E-state index in [9.17, 15) is 18.0 Å². The maximum atomic E-state index is 14.2. The van der Waals surface area contributed by atoms with E-state index >= 15 is 0 Å². The zero-order valence-corrected chi connectivity index (χ0v) is 26.5. The minimum Gasteiger partial charge on any atom is -0.493 e. The minimum atomic E-state index is -4.26. The zero-order chi connectivity index (χ0) is 31.0. The van der Waals surface area contributed by atoms with Gasteiger partial charge < -0.3 is 19.7 Å². The summed E-state index contributed by atoms with van der Waals surface area (Å²) in [6, 6.07) is 14.9. The molecule has 0 aliphatic rings. The van der Waals surface area contributed by atoms with Gasteiger partial charge in [0, 0.05) is 34.8 Å². The van der Waals surface area contributed by atoms with Crippen LogP contribution in [0.15, 0.2) is 65.6 Å². The number of sulfonamides is 1. The van der Waals surface area contributed by atoms with Crippen LogP contribution in [0.4, 0.5) is 5.69 Å². The van der Waals surface area contributed by atoms with Crippen molar-refractivity contribution in [1.82, 2.24) is 10.2 Å². The molecule has 0 fully saturated rings. The van der Waals surface area contributed by atoms with E-state index in [0.717, 1.165) is 9.87 Å². The molecule has 0 aliphatic carbocycles. The highest BCUT2D eigenvalue weighted by molar-refractivity contribution is 7.92. The predicted octanol–water partition coefficient (Wildman–Crippen LogP) is 5.46. The predicted molar refractivity (Wildman–Crippen MR) is 165 cm³/mol. The molecule has 0 saturated carbocycles. The number of amides is 2. The van der Waals surface area contributed by atoms with Gasteiger partial charge in [0.25, 0.3) is 10.0 Å². The van der Waals surface area contributed by atoms with Gasteiger partial charge in [0.05, 0.1) is 24.8 Å². The topological polar surface area (TPSA) is 105 Å². The minimum absolute atomic E-state index is 0.00727. The van der Waals surface area contributed by atoms with Gasteiger partial charge in [-0.15, -0.1) is 0 Å². The molecule has 226 valence electrons. The highest BCUT2D eigenvalue weighted by atomic mass is 35.5. The molecule has 3 aromatic carbocycles. The second-order valence-corrected chi connectivity index (χ2v) is 12.1. The molecular formula is C30H35Cl2N3O6S. The molecule has 3 aromatic rings. The second-order valence-electron chi connectivity index (χ2n) is 9.40. The number of rotatable bonds is 13. The van der Waals surface area contributed by atoms with Crippen molar-refractivity contribution in [3.05, 3.63) is 81.8 Å². The number of anilines is 1. The standard InChI is InChI=1S/C30H35Cl2N3O6S/c1-6-26(30(37)33-7-2)34(18-23-24(31)9-8-10-25(23)32)29(36)19-35(21-13-16-27(40-4)28(17-21)41-5)42(38,39)22-14-11-20(3)12-15-22/h8-17,26H,6-7,18-19H2,1-5H3,(H,33,37). The Kier molecular flexibility index (Phi) is 11.5. The highest BCUT2D eigenvalue weighted by Crippen LogP contribution is 2.34. The average Bonchev–Trinajstić information content (AvgIpc) is 2.97. The van der Waals surface area contributed by atoms with Gasteiger partial charge in [-0.1, -0.05) is 53.9 Å². The Hall–Kier alpha value is -3.47. The number of aryl methyl sites for hydroxylation is 1. The molecule has 0 saturated heterocycles. The number of methoxy groups -OCH3 is 2. The molecule has 2 amide bonds. The summed E-state index contributed by atoms with van der Waals surface area (Å²) in [4.78, 5) is 28.6. The third kappa shape index (κ3) is 7.48. The van der Waals surface area contributed by atoms with Crippen molar-refractivity contribution < 1.29 is 27.5 Å². The Labute approximate surface area is 257 Å². The number of carbonyl (C=O) groups is 2. The number of ether oxygens (including phenoxy) is 2. The number of carbonyl (C=O) groups excluding carboxylic acids is 2. The molecule has 9 nitrogen and oxygen atoms in total. The van der Waals surface area contributed by atoms with Gasteiger partial charge >= 0.3 is 0 Å². The van der Waals surface area contributed by atoms with E-state index in [1.807, 2.05) is 6.92 Å². The fourth-order valence-corrected chi connectivity index (χ4v) is 6.33. The summed E-state index contributed by atoms with van der Waals surface area (Å²) in [5, 5.41) is 3.39. The number of hydrogen-bond donors (Lipinski definition) is 1. The van der Waals surface area contributed by atoms with Gasteiger partial charge in [-0.3, -0.25) is 13.9 Å². The first kappa shape index (κ1) is 33.0. The van der Waals surface area contributed by atoms with Crippen LogP contribution in [-0.4, -0.2) is 58.5 Å². The molecular weight excluding hydrogens is 601 g/mol. The Morgan fingerprint density at radius 1 is 0.929 bits per heavy atom. The SMILES string of the molecule is CCNC(=O)C(CC)N(Cc1c(Cl)cccc1Cl)C(=O)CN(c1ccc(OC)c(OC)c1)S(=O)(=O)c1ccc(C)cc1. The van der Waals surface area contributed by atoms with Gasteiger partial charge in [-0.2, -0.15) is 0 Å². The molecule has 0 spiro atoms. The molecule has 0 aliphatic heterocycles. The summed E-state index contributed by atoms with van der Waals surface area (Å²) in [6.45, 7) is 5.00. The number of benzene rings is 3. The van der Waals surface area contributed by atoms with Crippen LogP contribution >= 0.6 is 23.2 Å².